The van der Waals surface area contributed by atoms with Gasteiger partial charge in [-0.3, -0.25) is 14.4 Å². The third-order valence-corrected chi connectivity index (χ3v) is 5.73. The Balaban J connectivity index is 1.83. The van der Waals surface area contributed by atoms with Crippen molar-refractivity contribution in [1.29, 1.82) is 0 Å². The van der Waals surface area contributed by atoms with Crippen LogP contribution in [0.1, 0.15) is 37.3 Å². The Morgan fingerprint density at radius 3 is 2.57 bits per heavy atom. The summed E-state index contributed by atoms with van der Waals surface area (Å²) in [7, 11) is 0. The van der Waals surface area contributed by atoms with Gasteiger partial charge in [0.15, 0.2) is 0 Å². The molecular weight excluding hydrogens is 380 g/mol. The molecule has 3 rings (SSSR count). The molecule has 2 unspecified atom stereocenters. The number of hydroxylamine groups is 2. The van der Waals surface area contributed by atoms with Gasteiger partial charge in [0.25, 0.3) is 0 Å². The number of amides is 2. The van der Waals surface area contributed by atoms with Crippen molar-refractivity contribution in [3.05, 3.63) is 65.7 Å². The minimum Gasteiger partial charge on any atom is -0.508 e. The number of hydrogen-bond donors (Lipinski definition) is 2. The number of benzene rings is 2. The number of aromatic hydroxyl groups is 1. The Morgan fingerprint density at radius 1 is 1.17 bits per heavy atom. The molecule has 160 valence electrons. The van der Waals surface area contributed by atoms with Gasteiger partial charge in [-0.15, -0.1) is 0 Å². The van der Waals surface area contributed by atoms with Gasteiger partial charge in [-0.1, -0.05) is 62.2 Å². The predicted molar refractivity (Wildman–Crippen MR) is 114 cm³/mol. The summed E-state index contributed by atoms with van der Waals surface area (Å²) in [4.78, 5) is 30.7. The maximum Gasteiger partial charge on any atom is 0.233 e. The Labute approximate surface area is 177 Å². The highest BCUT2D eigenvalue weighted by Gasteiger charge is 2.43. The highest BCUT2D eigenvalue weighted by atomic mass is 16.7. The Bertz CT molecular complexity index is 810. The molecule has 30 heavy (non-hydrogen) atoms. The molecule has 1 heterocycles. The van der Waals surface area contributed by atoms with Crippen LogP contribution in [0.25, 0.3) is 0 Å². The fourth-order valence-electron chi connectivity index (χ4n) is 4.10. The summed E-state index contributed by atoms with van der Waals surface area (Å²) in [6.45, 7) is 3.01. The Kier molecular flexibility index (Phi) is 7.85. The predicted octanol–water partition coefficient (Wildman–Crippen LogP) is 3.45. The summed E-state index contributed by atoms with van der Waals surface area (Å²) in [5, 5.41) is 13.9. The molecule has 1 aliphatic heterocycles. The minimum atomic E-state index is -0.430. The van der Waals surface area contributed by atoms with E-state index in [1.165, 1.54) is 5.06 Å². The highest BCUT2D eigenvalue weighted by molar-refractivity contribution is 5.82. The van der Waals surface area contributed by atoms with Crippen molar-refractivity contribution in [2.75, 3.05) is 6.54 Å². The first-order valence-corrected chi connectivity index (χ1v) is 10.6. The van der Waals surface area contributed by atoms with E-state index in [1.807, 2.05) is 42.5 Å². The lowest BCUT2D eigenvalue weighted by molar-refractivity contribution is -0.200. The fourth-order valence-corrected chi connectivity index (χ4v) is 4.10. The van der Waals surface area contributed by atoms with Crippen LogP contribution in [-0.2, 0) is 27.5 Å². The smallest absolute Gasteiger partial charge is 0.233 e. The van der Waals surface area contributed by atoms with Crippen LogP contribution in [0.3, 0.4) is 0 Å². The van der Waals surface area contributed by atoms with Crippen LogP contribution in [0.4, 0.5) is 0 Å². The van der Waals surface area contributed by atoms with E-state index in [0.717, 1.165) is 30.4 Å². The van der Waals surface area contributed by atoms with Crippen molar-refractivity contribution in [3.8, 4) is 5.75 Å². The first-order valence-electron chi connectivity index (χ1n) is 10.6. The normalized spacial score (nSPS) is 19.3. The van der Waals surface area contributed by atoms with Gasteiger partial charge in [0, 0.05) is 6.54 Å². The lowest BCUT2D eigenvalue weighted by atomic mass is 9.82. The lowest BCUT2D eigenvalue weighted by Gasteiger charge is -2.33. The highest BCUT2D eigenvalue weighted by Crippen LogP contribution is 2.31. The molecule has 0 bridgehead atoms. The molecule has 6 heteroatoms. The summed E-state index contributed by atoms with van der Waals surface area (Å²) in [5.41, 5.74) is 1.88. The van der Waals surface area contributed by atoms with E-state index in [0.29, 0.717) is 19.4 Å². The van der Waals surface area contributed by atoms with Crippen molar-refractivity contribution in [2.24, 2.45) is 11.8 Å². The summed E-state index contributed by atoms with van der Waals surface area (Å²) >= 11 is 0. The Morgan fingerprint density at radius 2 is 1.90 bits per heavy atom. The number of rotatable bonds is 11. The van der Waals surface area contributed by atoms with Crippen LogP contribution < -0.4 is 5.32 Å². The first kappa shape index (κ1) is 21.8. The third-order valence-electron chi connectivity index (χ3n) is 5.73. The summed E-state index contributed by atoms with van der Waals surface area (Å²) in [6, 6.07) is 16.1. The van der Waals surface area contributed by atoms with Gasteiger partial charge in [0.05, 0.1) is 12.0 Å². The number of unbranched alkanes of at least 4 members (excludes halogenated alkanes) is 1. The van der Waals surface area contributed by atoms with Crippen LogP contribution in [0.5, 0.6) is 5.75 Å². The van der Waals surface area contributed by atoms with Crippen molar-refractivity contribution in [3.63, 3.8) is 0 Å². The number of carbonyl (C=O) groups is 2. The maximum atomic E-state index is 12.8. The average molecular weight is 411 g/mol. The molecule has 2 aromatic carbocycles. The molecule has 0 saturated carbocycles. The van der Waals surface area contributed by atoms with Gasteiger partial charge in [-0.2, -0.15) is 0 Å². The molecule has 1 fully saturated rings. The zero-order valence-corrected chi connectivity index (χ0v) is 17.4. The average Bonchev–Trinajstić information content (AvgIpc) is 3.14. The van der Waals surface area contributed by atoms with Gasteiger partial charge in [0.1, 0.15) is 12.4 Å². The van der Waals surface area contributed by atoms with E-state index in [9.17, 15) is 14.7 Å². The van der Waals surface area contributed by atoms with Crippen LogP contribution >= 0.6 is 0 Å². The number of phenolic OH excluding ortho intramolecular Hbond substituents is 1. The molecule has 0 spiro atoms. The second kappa shape index (κ2) is 10.8. The van der Waals surface area contributed by atoms with Gasteiger partial charge >= 0.3 is 0 Å². The zero-order valence-electron chi connectivity index (χ0n) is 17.4. The molecule has 3 atom stereocenters. The summed E-state index contributed by atoms with van der Waals surface area (Å²) < 4.78 is 0. The first-order chi connectivity index (χ1) is 14.6. The van der Waals surface area contributed by atoms with Gasteiger partial charge in [-0.05, 0) is 42.0 Å². The molecule has 1 saturated heterocycles. The molecule has 0 radical (unpaired) electrons. The second-order valence-electron chi connectivity index (χ2n) is 7.84. The molecule has 6 nitrogen and oxygen atoms in total. The molecule has 1 aliphatic rings. The monoisotopic (exact) mass is 410 g/mol. The number of phenols is 1. The van der Waals surface area contributed by atoms with E-state index in [2.05, 4.69) is 12.2 Å². The van der Waals surface area contributed by atoms with E-state index in [-0.39, 0.29) is 30.1 Å². The van der Waals surface area contributed by atoms with Gasteiger partial charge in [0.2, 0.25) is 12.3 Å². The molecule has 2 N–H and O–H groups in total. The molecule has 0 aromatic heterocycles. The van der Waals surface area contributed by atoms with Crippen molar-refractivity contribution in [2.45, 2.75) is 45.3 Å². The number of nitrogens with one attached hydrogen (secondary N) is 1. The van der Waals surface area contributed by atoms with E-state index < -0.39 is 6.04 Å². The van der Waals surface area contributed by atoms with Crippen LogP contribution in [0.2, 0.25) is 0 Å². The Hall–Kier alpha value is -2.86. The van der Waals surface area contributed by atoms with E-state index in [4.69, 9.17) is 4.84 Å². The van der Waals surface area contributed by atoms with E-state index >= 15 is 0 Å². The third kappa shape index (κ3) is 5.60. The quantitative estimate of drug-likeness (QED) is 0.439. The van der Waals surface area contributed by atoms with Crippen molar-refractivity contribution >= 4 is 12.3 Å². The molecule has 2 amide bonds. The molecule has 2 aromatic rings. The SMILES string of the molecule is CCCC[C@@H]1CNC(=O)C1C(Cc1ccc(O)cc1)N(C=O)OCc1ccccc1. The minimum absolute atomic E-state index is 0.0324. The topological polar surface area (TPSA) is 78.9 Å². The zero-order chi connectivity index (χ0) is 21.3. The van der Waals surface area contributed by atoms with Gasteiger partial charge in [-0.25, -0.2) is 5.06 Å². The lowest BCUT2D eigenvalue weighted by Crippen LogP contribution is -2.46. The van der Waals surface area contributed by atoms with Crippen molar-refractivity contribution in [1.82, 2.24) is 10.4 Å². The standard InChI is InChI=1S/C24H30N2O4/c1-2-3-9-20-15-25-24(29)23(20)22(14-18-10-12-21(28)13-11-18)26(17-27)30-16-19-7-5-4-6-8-19/h4-8,10-13,17,20,22-23,28H,2-3,9,14-16H2,1H3,(H,25,29)/t20-,22?,23?/m1/s1. The summed E-state index contributed by atoms with van der Waals surface area (Å²) in [6.07, 6.45) is 4.17. The molecular formula is C24H30N2O4. The fraction of sp³-hybridized carbons (Fsp3) is 0.417. The maximum absolute atomic E-state index is 12.8. The summed E-state index contributed by atoms with van der Waals surface area (Å²) in [5.74, 6) is -0.0361. The van der Waals surface area contributed by atoms with Crippen LogP contribution in [0.15, 0.2) is 54.6 Å². The van der Waals surface area contributed by atoms with E-state index in [1.54, 1.807) is 12.1 Å². The molecule has 0 aliphatic carbocycles. The van der Waals surface area contributed by atoms with Gasteiger partial charge < -0.3 is 10.4 Å². The van der Waals surface area contributed by atoms with Crippen LogP contribution in [-0.4, -0.2) is 35.1 Å². The number of nitrogens with zero attached hydrogens (tertiary/aromatic N) is 1. The largest absolute Gasteiger partial charge is 0.508 e. The van der Waals surface area contributed by atoms with Crippen LogP contribution in [0, 0.1) is 11.8 Å². The second-order valence-corrected chi connectivity index (χ2v) is 7.84. The number of carbonyl (C=O) groups excluding carboxylic acids is 2. The van der Waals surface area contributed by atoms with Crippen molar-refractivity contribution < 1.29 is 19.5 Å². The number of hydrogen-bond acceptors (Lipinski definition) is 4.